The average Bonchev–Trinajstić information content (AvgIpc) is 2.95. The summed E-state index contributed by atoms with van der Waals surface area (Å²) in [4.78, 5) is -0.188. The molecule has 1 aliphatic heterocycles. The Balaban J connectivity index is 2.07. The molecule has 0 saturated carbocycles. The number of hydrogen-bond donors (Lipinski definition) is 0. The largest absolute Gasteiger partial charge is 0.415 e. The molecule has 2 aromatic rings. The van der Waals surface area contributed by atoms with Gasteiger partial charge in [0.05, 0.1) is 6.61 Å². The van der Waals surface area contributed by atoms with Crippen LogP contribution in [0.4, 0.5) is 13.2 Å². The number of hydrogen-bond acceptors (Lipinski definition) is 6. The van der Waals surface area contributed by atoms with Gasteiger partial charge in [-0.3, -0.25) is 0 Å². The predicted molar refractivity (Wildman–Crippen MR) is 75.8 cm³/mol. The minimum absolute atomic E-state index is 0.0163. The zero-order valence-corrected chi connectivity index (χ0v) is 13.6. The fraction of sp³-hybridized carbons (Fsp3) is 0.538. The lowest BCUT2D eigenvalue weighted by Gasteiger charge is -2.33. The van der Waals surface area contributed by atoms with E-state index in [1.54, 1.807) is 19.9 Å². The highest BCUT2D eigenvalue weighted by Crippen LogP contribution is 2.32. The lowest BCUT2D eigenvalue weighted by atomic mass is 10.1. The van der Waals surface area contributed by atoms with Crippen LogP contribution in [-0.4, -0.2) is 55.0 Å². The Labute approximate surface area is 135 Å². The average molecular weight is 365 g/mol. The quantitative estimate of drug-likeness (QED) is 0.807. The Morgan fingerprint density at radius 1 is 1.21 bits per heavy atom. The molecule has 0 amide bonds. The third kappa shape index (κ3) is 2.76. The van der Waals surface area contributed by atoms with Crippen LogP contribution < -0.4 is 0 Å². The number of morpholine rings is 1. The molecule has 0 bridgehead atoms. The number of rotatable bonds is 2. The van der Waals surface area contributed by atoms with Gasteiger partial charge in [0, 0.05) is 13.1 Å². The Morgan fingerprint density at radius 3 is 2.54 bits per heavy atom. The van der Waals surface area contributed by atoms with Crippen LogP contribution in [0.1, 0.15) is 11.1 Å². The summed E-state index contributed by atoms with van der Waals surface area (Å²) in [5.41, 5.74) is 1.31. The van der Waals surface area contributed by atoms with Gasteiger partial charge in [-0.15, -0.1) is 0 Å². The number of fused-ring (bicyclic) bond motifs is 1. The van der Waals surface area contributed by atoms with Crippen LogP contribution >= 0.6 is 0 Å². The Morgan fingerprint density at radius 2 is 1.88 bits per heavy atom. The predicted octanol–water partition coefficient (Wildman–Crippen LogP) is 1.79. The van der Waals surface area contributed by atoms with E-state index in [9.17, 15) is 21.6 Å². The van der Waals surface area contributed by atoms with Gasteiger partial charge in [-0.1, -0.05) is 6.07 Å². The molecule has 2 heterocycles. The first kappa shape index (κ1) is 17.1. The summed E-state index contributed by atoms with van der Waals surface area (Å²) in [6.07, 6.45) is -6.79. The fourth-order valence-corrected chi connectivity index (χ4v) is 4.49. The van der Waals surface area contributed by atoms with Crippen LogP contribution in [0.2, 0.25) is 0 Å². The molecule has 0 aliphatic carbocycles. The van der Waals surface area contributed by atoms with Crippen molar-refractivity contribution in [1.82, 2.24) is 14.6 Å². The molecular weight excluding hydrogens is 351 g/mol. The van der Waals surface area contributed by atoms with Crippen molar-refractivity contribution < 1.29 is 31.0 Å². The summed E-state index contributed by atoms with van der Waals surface area (Å²) < 4.78 is 74.4. The van der Waals surface area contributed by atoms with Gasteiger partial charge < -0.3 is 4.74 Å². The van der Waals surface area contributed by atoms with Gasteiger partial charge in [0.15, 0.2) is 11.6 Å². The zero-order valence-electron chi connectivity index (χ0n) is 12.8. The van der Waals surface area contributed by atoms with E-state index >= 15 is 0 Å². The highest BCUT2D eigenvalue weighted by molar-refractivity contribution is 7.89. The molecule has 7 nitrogen and oxygen atoms in total. The lowest BCUT2D eigenvalue weighted by molar-refractivity contribution is -0.231. The summed E-state index contributed by atoms with van der Waals surface area (Å²) in [5.74, 6) is 0. The van der Waals surface area contributed by atoms with Crippen LogP contribution in [0.5, 0.6) is 0 Å². The van der Waals surface area contributed by atoms with Crippen molar-refractivity contribution in [3.05, 3.63) is 17.2 Å². The Hall–Kier alpha value is -1.72. The minimum atomic E-state index is -4.64. The third-order valence-corrected chi connectivity index (χ3v) is 5.90. The van der Waals surface area contributed by atoms with Crippen molar-refractivity contribution in [2.75, 3.05) is 19.7 Å². The van der Waals surface area contributed by atoms with E-state index in [4.69, 9.17) is 0 Å². The van der Waals surface area contributed by atoms with Crippen molar-refractivity contribution >= 4 is 21.1 Å². The van der Waals surface area contributed by atoms with Crippen molar-refractivity contribution in [3.8, 4) is 0 Å². The van der Waals surface area contributed by atoms with Crippen LogP contribution in [0.25, 0.3) is 11.0 Å². The van der Waals surface area contributed by atoms with Gasteiger partial charge in [-0.2, -0.15) is 17.5 Å². The van der Waals surface area contributed by atoms with Crippen molar-refractivity contribution in [1.29, 1.82) is 0 Å². The number of aromatic nitrogens is 2. The summed E-state index contributed by atoms with van der Waals surface area (Å²) >= 11 is 0. The number of ether oxygens (including phenoxy) is 1. The zero-order chi connectivity index (χ0) is 17.7. The number of nitrogens with zero attached hydrogens (tertiary/aromatic N) is 3. The molecule has 1 aromatic heterocycles. The van der Waals surface area contributed by atoms with E-state index in [1.165, 1.54) is 0 Å². The van der Waals surface area contributed by atoms with E-state index in [1.807, 2.05) is 0 Å². The number of benzene rings is 1. The minimum Gasteiger partial charge on any atom is -0.366 e. The van der Waals surface area contributed by atoms with Crippen molar-refractivity contribution in [2.24, 2.45) is 0 Å². The van der Waals surface area contributed by atoms with Gasteiger partial charge in [-0.05, 0) is 35.3 Å². The molecule has 1 aromatic carbocycles. The SMILES string of the molecule is Cc1cc(C)c2nonc2c1S(=O)(=O)N1CCO[C@@H](C(F)(F)F)C1. The molecule has 0 spiro atoms. The third-order valence-electron chi connectivity index (χ3n) is 3.86. The molecule has 1 fully saturated rings. The number of aryl methyl sites for hydroxylation is 2. The van der Waals surface area contributed by atoms with Crippen LogP contribution in [0, 0.1) is 13.8 Å². The molecule has 132 valence electrons. The van der Waals surface area contributed by atoms with E-state index in [-0.39, 0.29) is 29.1 Å². The molecule has 1 atom stereocenters. The summed E-state index contributed by atoms with van der Waals surface area (Å²) in [5, 5.41) is 7.28. The molecule has 0 unspecified atom stereocenters. The van der Waals surface area contributed by atoms with Crippen LogP contribution in [0.15, 0.2) is 15.6 Å². The Kier molecular flexibility index (Phi) is 4.04. The second-order valence-electron chi connectivity index (χ2n) is 5.57. The maximum Gasteiger partial charge on any atom is 0.415 e. The molecule has 11 heteroatoms. The second kappa shape index (κ2) is 5.67. The van der Waals surface area contributed by atoms with E-state index in [0.29, 0.717) is 11.1 Å². The van der Waals surface area contributed by atoms with Gasteiger partial charge >= 0.3 is 6.18 Å². The molecule has 0 N–H and O–H groups in total. The van der Waals surface area contributed by atoms with E-state index in [2.05, 4.69) is 19.7 Å². The van der Waals surface area contributed by atoms with Gasteiger partial charge in [0.1, 0.15) is 10.4 Å². The fourth-order valence-electron chi connectivity index (χ4n) is 2.74. The molecular formula is C13H14F3N3O4S. The summed E-state index contributed by atoms with van der Waals surface area (Å²) in [6.45, 7) is 1.95. The highest BCUT2D eigenvalue weighted by Gasteiger charge is 2.46. The lowest BCUT2D eigenvalue weighted by Crippen LogP contribution is -2.51. The van der Waals surface area contributed by atoms with Gasteiger partial charge in [0.2, 0.25) is 10.0 Å². The van der Waals surface area contributed by atoms with E-state index < -0.39 is 28.8 Å². The van der Waals surface area contributed by atoms with Gasteiger partial charge in [-0.25, -0.2) is 13.0 Å². The normalized spacial score (nSPS) is 20.6. The topological polar surface area (TPSA) is 85.5 Å². The monoisotopic (exact) mass is 365 g/mol. The number of alkyl halides is 3. The molecule has 3 rings (SSSR count). The summed E-state index contributed by atoms with van der Waals surface area (Å²) in [6, 6.07) is 1.58. The van der Waals surface area contributed by atoms with Crippen LogP contribution in [-0.2, 0) is 14.8 Å². The highest BCUT2D eigenvalue weighted by atomic mass is 32.2. The van der Waals surface area contributed by atoms with Gasteiger partial charge in [0.25, 0.3) is 0 Å². The summed E-state index contributed by atoms with van der Waals surface area (Å²) in [7, 11) is -4.21. The van der Waals surface area contributed by atoms with Crippen molar-refractivity contribution in [2.45, 2.75) is 31.0 Å². The standard InChI is InChI=1S/C13H14F3N3O4S/c1-7-5-8(2)12(11-10(7)17-23-18-11)24(20,21)19-3-4-22-9(6-19)13(14,15)16/h5,9H,3-4,6H2,1-2H3/t9-/m1/s1. The first-order chi connectivity index (χ1) is 11.1. The van der Waals surface area contributed by atoms with Crippen molar-refractivity contribution in [3.63, 3.8) is 0 Å². The number of sulfonamides is 1. The van der Waals surface area contributed by atoms with Crippen LogP contribution in [0.3, 0.4) is 0 Å². The maximum atomic E-state index is 12.9. The molecule has 0 radical (unpaired) electrons. The second-order valence-corrected chi connectivity index (χ2v) is 7.44. The number of halogens is 3. The maximum absolute atomic E-state index is 12.9. The molecule has 1 aliphatic rings. The molecule has 24 heavy (non-hydrogen) atoms. The smallest absolute Gasteiger partial charge is 0.366 e. The molecule has 1 saturated heterocycles. The first-order valence-corrected chi connectivity index (χ1v) is 8.47. The first-order valence-electron chi connectivity index (χ1n) is 7.03. The Bertz CT molecular complexity index is 878. The van der Waals surface area contributed by atoms with E-state index in [0.717, 1.165) is 4.31 Å².